The van der Waals surface area contributed by atoms with Crippen molar-refractivity contribution >= 4 is 50.1 Å². The summed E-state index contributed by atoms with van der Waals surface area (Å²) in [6.45, 7) is 1.32. The molecule has 0 bridgehead atoms. The van der Waals surface area contributed by atoms with Crippen LogP contribution < -0.4 is 10.6 Å². The third kappa shape index (κ3) is 6.31. The molecule has 3 heterocycles. The highest BCUT2D eigenvalue weighted by Gasteiger charge is 2.31. The predicted octanol–water partition coefficient (Wildman–Crippen LogP) is 3.30. The maximum atomic E-state index is 15.0. The number of anilines is 3. The number of amides is 2. The van der Waals surface area contributed by atoms with Crippen LogP contribution >= 0.6 is 0 Å². The molecule has 5 rings (SSSR count). The maximum Gasteiger partial charge on any atom is 0.407 e. The van der Waals surface area contributed by atoms with Gasteiger partial charge in [-0.1, -0.05) is 18.2 Å². The summed E-state index contributed by atoms with van der Waals surface area (Å²) in [5, 5.41) is 15.3. The zero-order chi connectivity index (χ0) is 31.6. The monoisotopic (exact) mass is 629 g/mol. The molecule has 44 heavy (non-hydrogen) atoms. The van der Waals surface area contributed by atoms with Gasteiger partial charge in [0.25, 0.3) is 0 Å². The molecule has 1 saturated heterocycles. The lowest BCUT2D eigenvalue weighted by Crippen LogP contribution is -2.56. The number of rotatable bonds is 9. The van der Waals surface area contributed by atoms with Gasteiger partial charge < -0.3 is 30.4 Å². The first-order valence-electron chi connectivity index (χ1n) is 13.4. The number of H-pyrrole nitrogens is 1. The fourth-order valence-electron chi connectivity index (χ4n) is 5.03. The van der Waals surface area contributed by atoms with Gasteiger partial charge in [0.1, 0.15) is 16.6 Å². The molecule has 0 aliphatic carbocycles. The second kappa shape index (κ2) is 12.5. The smallest absolute Gasteiger partial charge is 0.407 e. The zero-order valence-corrected chi connectivity index (χ0v) is 24.5. The number of para-hydroxylation sites is 1. The van der Waals surface area contributed by atoms with Gasteiger partial charge in [0.2, 0.25) is 11.9 Å². The number of fused-ring (bicyclic) bond motifs is 1. The molecule has 1 atom stereocenters. The molecule has 4 N–H and O–H groups in total. The van der Waals surface area contributed by atoms with Crippen LogP contribution in [0, 0.1) is 11.6 Å². The van der Waals surface area contributed by atoms with Crippen LogP contribution in [0.25, 0.3) is 22.2 Å². The Hall–Kier alpha value is -4.67. The Labute approximate surface area is 250 Å². The largest absolute Gasteiger partial charge is 0.465 e. The number of sulfone groups is 1. The molecule has 1 aliphatic rings. The maximum absolute atomic E-state index is 15.0. The number of halogens is 2. The second-order valence-corrected chi connectivity index (χ2v) is 12.1. The highest BCUT2D eigenvalue weighted by molar-refractivity contribution is 7.90. The molecule has 16 heteroatoms. The first-order chi connectivity index (χ1) is 21.0. The number of nitrogens with one attached hydrogen (secondary N) is 3. The van der Waals surface area contributed by atoms with Crippen molar-refractivity contribution in [2.45, 2.75) is 10.9 Å². The van der Waals surface area contributed by atoms with Crippen molar-refractivity contribution in [3.8, 4) is 11.3 Å². The lowest BCUT2D eigenvalue weighted by molar-refractivity contribution is -0.123. The van der Waals surface area contributed by atoms with Gasteiger partial charge in [-0.3, -0.25) is 9.69 Å². The Bertz CT molecular complexity index is 1830. The van der Waals surface area contributed by atoms with Crippen LogP contribution in [0.2, 0.25) is 0 Å². The molecule has 13 nitrogen and oxygen atoms in total. The molecule has 2 aromatic heterocycles. The Balaban J connectivity index is 1.40. The Morgan fingerprint density at radius 2 is 1.82 bits per heavy atom. The standard InChI is InChI=1S/C28H29F2N7O6S/c1-43-15-21(36-9-11-37(12-10-36)28(39)40)26(38)33-20-7-3-5-16-17(13-31-25(16)20)24-18(29)14-32-27(35-24)34-19-6-4-8-22(23(19)30)44(2,41)42/h3-8,13-14,21,31H,9-12,15H2,1-2H3,(H,33,38)(H,39,40)(H,32,34,35). The molecule has 0 saturated carbocycles. The highest BCUT2D eigenvalue weighted by atomic mass is 32.2. The summed E-state index contributed by atoms with van der Waals surface area (Å²) in [5.41, 5.74) is 0.913. The molecule has 4 aromatic rings. The van der Waals surface area contributed by atoms with Gasteiger partial charge >= 0.3 is 6.09 Å². The molecule has 2 aromatic carbocycles. The summed E-state index contributed by atoms with van der Waals surface area (Å²) in [6, 6.07) is 8.17. The Morgan fingerprint density at radius 1 is 1.11 bits per heavy atom. The van der Waals surface area contributed by atoms with Crippen molar-refractivity contribution in [1.29, 1.82) is 0 Å². The minimum absolute atomic E-state index is 0.0838. The average molecular weight is 630 g/mol. The van der Waals surface area contributed by atoms with Gasteiger partial charge in [-0.2, -0.15) is 0 Å². The summed E-state index contributed by atoms with van der Waals surface area (Å²) in [4.78, 5) is 38.5. The van der Waals surface area contributed by atoms with E-state index in [0.717, 1.165) is 18.5 Å². The summed E-state index contributed by atoms with van der Waals surface area (Å²) in [5.74, 6) is -2.32. The van der Waals surface area contributed by atoms with E-state index in [1.54, 1.807) is 18.2 Å². The van der Waals surface area contributed by atoms with E-state index in [9.17, 15) is 27.5 Å². The summed E-state index contributed by atoms with van der Waals surface area (Å²) in [7, 11) is -2.37. The number of benzene rings is 2. The lowest BCUT2D eigenvalue weighted by atomic mass is 10.1. The van der Waals surface area contributed by atoms with Gasteiger partial charge in [-0.25, -0.2) is 32.0 Å². The number of hydrogen-bond acceptors (Lipinski definition) is 9. The van der Waals surface area contributed by atoms with Gasteiger partial charge in [0, 0.05) is 56.7 Å². The van der Waals surface area contributed by atoms with Crippen molar-refractivity contribution in [3.05, 3.63) is 60.4 Å². The zero-order valence-electron chi connectivity index (χ0n) is 23.7. The van der Waals surface area contributed by atoms with Gasteiger partial charge in [-0.05, 0) is 18.2 Å². The van der Waals surface area contributed by atoms with Gasteiger partial charge in [0.15, 0.2) is 21.5 Å². The van der Waals surface area contributed by atoms with Crippen molar-refractivity contribution < 1.29 is 36.6 Å². The van der Waals surface area contributed by atoms with Gasteiger partial charge in [0.05, 0.1) is 29.7 Å². The average Bonchev–Trinajstić information content (AvgIpc) is 3.42. The van der Waals surface area contributed by atoms with E-state index >= 15 is 4.39 Å². The van der Waals surface area contributed by atoms with Crippen LogP contribution in [-0.2, 0) is 19.4 Å². The summed E-state index contributed by atoms with van der Waals surface area (Å²) >= 11 is 0. The molecule has 2 amide bonds. The Kier molecular flexibility index (Phi) is 8.75. The quantitative estimate of drug-likeness (QED) is 0.215. The van der Waals surface area contributed by atoms with Crippen molar-refractivity contribution in [2.24, 2.45) is 0 Å². The van der Waals surface area contributed by atoms with Crippen molar-refractivity contribution in [1.82, 2.24) is 24.8 Å². The molecule has 232 valence electrons. The number of nitrogens with zero attached hydrogens (tertiary/aromatic N) is 4. The Morgan fingerprint density at radius 3 is 2.50 bits per heavy atom. The van der Waals surface area contributed by atoms with Gasteiger partial charge in [-0.15, -0.1) is 0 Å². The number of carbonyl (C=O) groups is 2. The molecule has 1 unspecified atom stereocenters. The second-order valence-electron chi connectivity index (χ2n) is 10.1. The number of hydrogen-bond donors (Lipinski definition) is 4. The number of piperazine rings is 1. The van der Waals surface area contributed by atoms with Crippen LogP contribution in [0.4, 0.5) is 30.9 Å². The van der Waals surface area contributed by atoms with Crippen molar-refractivity contribution in [3.63, 3.8) is 0 Å². The van der Waals surface area contributed by atoms with E-state index in [1.165, 1.54) is 30.3 Å². The number of methoxy groups -OCH3 is 1. The lowest BCUT2D eigenvalue weighted by Gasteiger charge is -2.37. The SMILES string of the molecule is COCC(C(=O)Nc1cccc2c(-c3nc(Nc4cccc(S(C)(=O)=O)c4F)ncc3F)c[nH]c12)N1CCN(C(=O)O)CC1. The van der Waals surface area contributed by atoms with Crippen LogP contribution in [0.15, 0.2) is 53.7 Å². The molecular formula is C28H29F2N7O6S. The summed E-state index contributed by atoms with van der Waals surface area (Å²) in [6.07, 6.45) is 2.29. The van der Waals surface area contributed by atoms with E-state index in [0.29, 0.717) is 35.2 Å². The number of aromatic amines is 1. The van der Waals surface area contributed by atoms with Crippen LogP contribution in [0.1, 0.15) is 0 Å². The number of carboxylic acid groups (broad SMARTS) is 1. The number of ether oxygens (including phenoxy) is 1. The fraction of sp³-hybridized carbons (Fsp3) is 0.286. The van der Waals surface area contributed by atoms with Crippen LogP contribution in [0.3, 0.4) is 0 Å². The van der Waals surface area contributed by atoms with E-state index in [-0.39, 0.29) is 42.9 Å². The number of aromatic nitrogens is 3. The minimum atomic E-state index is -3.84. The van der Waals surface area contributed by atoms with Crippen LogP contribution in [-0.4, -0.2) is 102 Å². The number of carbonyl (C=O) groups excluding carboxylic acids is 1. The first-order valence-corrected chi connectivity index (χ1v) is 15.3. The van der Waals surface area contributed by atoms with E-state index in [4.69, 9.17) is 4.74 Å². The molecule has 1 aliphatic heterocycles. The molecular weight excluding hydrogens is 600 g/mol. The van der Waals surface area contributed by atoms with E-state index in [1.807, 2.05) is 4.90 Å². The van der Waals surface area contributed by atoms with E-state index < -0.39 is 38.5 Å². The van der Waals surface area contributed by atoms with E-state index in [2.05, 4.69) is 25.6 Å². The highest BCUT2D eigenvalue weighted by Crippen LogP contribution is 2.34. The normalized spacial score (nSPS) is 14.9. The fourth-order valence-corrected chi connectivity index (χ4v) is 5.79. The van der Waals surface area contributed by atoms with Crippen molar-refractivity contribution in [2.75, 3.05) is 56.8 Å². The van der Waals surface area contributed by atoms with Crippen LogP contribution in [0.5, 0.6) is 0 Å². The molecule has 1 fully saturated rings. The first kappa shape index (κ1) is 30.8. The minimum Gasteiger partial charge on any atom is -0.465 e. The third-order valence-electron chi connectivity index (χ3n) is 7.23. The third-order valence-corrected chi connectivity index (χ3v) is 8.35. The topological polar surface area (TPSA) is 170 Å². The summed E-state index contributed by atoms with van der Waals surface area (Å²) < 4.78 is 59.0. The molecule has 0 spiro atoms. The molecule has 0 radical (unpaired) electrons. The predicted molar refractivity (Wildman–Crippen MR) is 158 cm³/mol.